The van der Waals surface area contributed by atoms with Gasteiger partial charge < -0.3 is 9.64 Å². The molecule has 0 heterocycles. The number of amides is 1. The predicted octanol–water partition coefficient (Wildman–Crippen LogP) is 4.38. The van der Waals surface area contributed by atoms with E-state index < -0.39 is 0 Å². The minimum Gasteiger partial charge on any atom is -0.484 e. The summed E-state index contributed by atoms with van der Waals surface area (Å²) in [7, 11) is 0. The largest absolute Gasteiger partial charge is 0.484 e. The second-order valence-electron chi connectivity index (χ2n) is 6.66. The normalized spacial score (nSPS) is 17.3. The maximum absolute atomic E-state index is 12.5. The fraction of sp³-hybridized carbons (Fsp3) is 0.421. The number of benzene rings is 2. The number of carbonyl (C=O) groups excluding carboxylic acids is 1. The van der Waals surface area contributed by atoms with Crippen LogP contribution in [-0.4, -0.2) is 30.0 Å². The summed E-state index contributed by atoms with van der Waals surface area (Å²) < 4.78 is 6.83. The zero-order valence-corrected chi connectivity index (χ0v) is 14.6. The van der Waals surface area contributed by atoms with Crippen LogP contribution < -0.4 is 4.74 Å². The van der Waals surface area contributed by atoms with Crippen molar-refractivity contribution in [1.29, 1.82) is 0 Å². The smallest absolute Gasteiger partial charge is 0.260 e. The van der Waals surface area contributed by atoms with Gasteiger partial charge in [-0.25, -0.2) is 0 Å². The number of nitrogens with zero attached hydrogens (tertiary/aromatic N) is 1. The van der Waals surface area contributed by atoms with Gasteiger partial charge in [-0.1, -0.05) is 28.1 Å². The first-order chi connectivity index (χ1) is 11.2. The molecule has 2 aromatic rings. The second-order valence-corrected chi connectivity index (χ2v) is 7.58. The number of halogens is 1. The average molecular weight is 374 g/mol. The summed E-state index contributed by atoms with van der Waals surface area (Å²) in [6.07, 6.45) is 4.86. The number of ether oxygens (including phenoxy) is 1. The molecule has 2 aromatic carbocycles. The van der Waals surface area contributed by atoms with Gasteiger partial charge in [0.25, 0.3) is 5.91 Å². The van der Waals surface area contributed by atoms with Crippen LogP contribution in [-0.2, 0) is 4.79 Å². The van der Waals surface area contributed by atoms with Gasteiger partial charge in [0, 0.05) is 17.1 Å². The number of carbonyl (C=O) groups is 1. The second kappa shape index (κ2) is 6.16. The van der Waals surface area contributed by atoms with Gasteiger partial charge in [0.15, 0.2) is 6.61 Å². The van der Waals surface area contributed by atoms with E-state index >= 15 is 0 Å². The standard InChI is InChI=1S/C19H20BrNO2/c20-16-5-3-15-10-18(8-4-14(15)9-16)23-12-19(22)21(17-6-7-17)11-13-1-2-13/h3-5,8-10,13,17H,1-2,6-7,11-12H2. The monoisotopic (exact) mass is 373 g/mol. The lowest BCUT2D eigenvalue weighted by molar-refractivity contribution is -0.134. The van der Waals surface area contributed by atoms with E-state index in [1.165, 1.54) is 12.8 Å². The van der Waals surface area contributed by atoms with Crippen LogP contribution in [0.2, 0.25) is 0 Å². The van der Waals surface area contributed by atoms with Crippen LogP contribution in [0.15, 0.2) is 40.9 Å². The molecule has 0 aromatic heterocycles. The van der Waals surface area contributed by atoms with E-state index in [1.54, 1.807) is 0 Å². The Kier molecular flexibility index (Phi) is 4.02. The van der Waals surface area contributed by atoms with Gasteiger partial charge in [0.1, 0.15) is 5.75 Å². The molecule has 0 aliphatic heterocycles. The Hall–Kier alpha value is -1.55. The fourth-order valence-corrected chi connectivity index (χ4v) is 3.31. The highest BCUT2D eigenvalue weighted by Crippen LogP contribution is 2.35. The Morgan fingerprint density at radius 1 is 1.09 bits per heavy atom. The van der Waals surface area contributed by atoms with Crippen LogP contribution >= 0.6 is 15.9 Å². The lowest BCUT2D eigenvalue weighted by atomic mass is 10.1. The molecule has 2 aliphatic rings. The minimum absolute atomic E-state index is 0.135. The van der Waals surface area contributed by atoms with Crippen LogP contribution in [0.25, 0.3) is 10.8 Å². The number of fused-ring (bicyclic) bond motifs is 1. The van der Waals surface area contributed by atoms with Crippen molar-refractivity contribution in [2.45, 2.75) is 31.7 Å². The molecule has 2 saturated carbocycles. The third kappa shape index (κ3) is 3.69. The van der Waals surface area contributed by atoms with Crippen LogP contribution in [0.3, 0.4) is 0 Å². The van der Waals surface area contributed by atoms with Gasteiger partial charge in [0.05, 0.1) is 0 Å². The molecule has 23 heavy (non-hydrogen) atoms. The first-order valence-electron chi connectivity index (χ1n) is 8.30. The predicted molar refractivity (Wildman–Crippen MR) is 94.6 cm³/mol. The van der Waals surface area contributed by atoms with Crippen molar-refractivity contribution in [3.63, 3.8) is 0 Å². The zero-order chi connectivity index (χ0) is 15.8. The van der Waals surface area contributed by atoms with Crippen molar-refractivity contribution in [3.05, 3.63) is 40.9 Å². The lowest BCUT2D eigenvalue weighted by Gasteiger charge is -2.22. The van der Waals surface area contributed by atoms with E-state index in [2.05, 4.69) is 33.0 Å². The topological polar surface area (TPSA) is 29.5 Å². The summed E-state index contributed by atoms with van der Waals surface area (Å²) in [5.74, 6) is 1.63. The SMILES string of the molecule is O=C(COc1ccc2cc(Br)ccc2c1)N(CC1CC1)C1CC1. The van der Waals surface area contributed by atoms with E-state index in [4.69, 9.17) is 4.74 Å². The van der Waals surface area contributed by atoms with Crippen molar-refractivity contribution >= 4 is 32.6 Å². The van der Waals surface area contributed by atoms with E-state index in [1.807, 2.05) is 24.3 Å². The zero-order valence-electron chi connectivity index (χ0n) is 13.0. The summed E-state index contributed by atoms with van der Waals surface area (Å²) in [5.41, 5.74) is 0. The van der Waals surface area contributed by atoms with Gasteiger partial charge in [-0.3, -0.25) is 4.79 Å². The Balaban J connectivity index is 1.41. The van der Waals surface area contributed by atoms with E-state index in [9.17, 15) is 4.79 Å². The molecule has 0 radical (unpaired) electrons. The lowest BCUT2D eigenvalue weighted by Crippen LogP contribution is -2.38. The van der Waals surface area contributed by atoms with E-state index in [0.717, 1.165) is 46.3 Å². The summed E-state index contributed by atoms with van der Waals surface area (Å²) >= 11 is 3.48. The molecule has 0 bridgehead atoms. The summed E-state index contributed by atoms with van der Waals surface area (Å²) in [6.45, 7) is 1.07. The third-order valence-electron chi connectivity index (χ3n) is 4.60. The molecule has 0 saturated heterocycles. The molecule has 4 heteroatoms. The van der Waals surface area contributed by atoms with Gasteiger partial charge in [-0.2, -0.15) is 0 Å². The van der Waals surface area contributed by atoms with Crippen LogP contribution in [0, 0.1) is 5.92 Å². The van der Waals surface area contributed by atoms with Crippen LogP contribution in [0.4, 0.5) is 0 Å². The van der Waals surface area contributed by atoms with Crippen LogP contribution in [0.1, 0.15) is 25.7 Å². The van der Waals surface area contributed by atoms with Gasteiger partial charge in [-0.15, -0.1) is 0 Å². The molecular weight excluding hydrogens is 354 g/mol. The average Bonchev–Trinajstić information content (AvgIpc) is 3.44. The van der Waals surface area contributed by atoms with Crippen molar-refractivity contribution in [1.82, 2.24) is 4.90 Å². The number of hydrogen-bond donors (Lipinski definition) is 0. The van der Waals surface area contributed by atoms with Crippen molar-refractivity contribution in [3.8, 4) is 5.75 Å². The third-order valence-corrected chi connectivity index (χ3v) is 5.09. The number of hydrogen-bond acceptors (Lipinski definition) is 2. The molecule has 0 spiro atoms. The maximum Gasteiger partial charge on any atom is 0.260 e. The molecule has 4 rings (SSSR count). The molecule has 120 valence electrons. The fourth-order valence-electron chi connectivity index (χ4n) is 2.93. The molecule has 1 amide bonds. The molecule has 2 aliphatic carbocycles. The van der Waals surface area contributed by atoms with Gasteiger partial charge in [0.2, 0.25) is 0 Å². The minimum atomic E-state index is 0.135. The van der Waals surface area contributed by atoms with Crippen molar-refractivity contribution < 1.29 is 9.53 Å². The first-order valence-corrected chi connectivity index (χ1v) is 9.10. The highest BCUT2D eigenvalue weighted by molar-refractivity contribution is 9.10. The quantitative estimate of drug-likeness (QED) is 0.751. The Morgan fingerprint density at radius 3 is 2.57 bits per heavy atom. The molecular formula is C19H20BrNO2. The molecule has 3 nitrogen and oxygen atoms in total. The van der Waals surface area contributed by atoms with Crippen LogP contribution in [0.5, 0.6) is 5.75 Å². The van der Waals surface area contributed by atoms with E-state index in [-0.39, 0.29) is 12.5 Å². The summed E-state index contributed by atoms with van der Waals surface area (Å²) in [6, 6.07) is 12.6. The highest BCUT2D eigenvalue weighted by Gasteiger charge is 2.36. The summed E-state index contributed by atoms with van der Waals surface area (Å²) in [4.78, 5) is 14.5. The van der Waals surface area contributed by atoms with Crippen molar-refractivity contribution in [2.75, 3.05) is 13.2 Å². The molecule has 0 unspecified atom stereocenters. The van der Waals surface area contributed by atoms with Crippen molar-refractivity contribution in [2.24, 2.45) is 5.92 Å². The number of rotatable bonds is 6. The van der Waals surface area contributed by atoms with Gasteiger partial charge >= 0.3 is 0 Å². The highest BCUT2D eigenvalue weighted by atomic mass is 79.9. The maximum atomic E-state index is 12.5. The molecule has 0 N–H and O–H groups in total. The summed E-state index contributed by atoms with van der Waals surface area (Å²) in [5, 5.41) is 2.28. The molecule has 0 atom stereocenters. The Labute approximate surface area is 144 Å². The van der Waals surface area contributed by atoms with E-state index in [0.29, 0.717) is 6.04 Å². The Morgan fingerprint density at radius 2 is 1.83 bits per heavy atom. The molecule has 2 fully saturated rings. The van der Waals surface area contributed by atoms with Gasteiger partial charge in [-0.05, 0) is 66.6 Å². The first kappa shape index (κ1) is 15.0. The Bertz CT molecular complexity index is 737.